The summed E-state index contributed by atoms with van der Waals surface area (Å²) in [5.74, 6) is -0.859. The highest BCUT2D eigenvalue weighted by molar-refractivity contribution is 7.91. The predicted octanol–water partition coefficient (Wildman–Crippen LogP) is 1.89. The van der Waals surface area contributed by atoms with Crippen molar-refractivity contribution in [1.82, 2.24) is 4.31 Å². The number of nitrogens with one attached hydrogen (secondary N) is 1. The molecule has 0 saturated carbocycles. The van der Waals surface area contributed by atoms with Crippen molar-refractivity contribution in [2.75, 3.05) is 18.4 Å². The molecule has 0 aliphatic heterocycles. The number of carbonyl (C=O) groups excluding carboxylic acids is 2. The molecule has 134 valence electrons. The summed E-state index contributed by atoms with van der Waals surface area (Å²) < 4.78 is 26.4. The van der Waals surface area contributed by atoms with E-state index in [9.17, 15) is 18.0 Å². The Labute approximate surface area is 150 Å². The van der Waals surface area contributed by atoms with Crippen LogP contribution in [0.5, 0.6) is 0 Å². The summed E-state index contributed by atoms with van der Waals surface area (Å²) in [4.78, 5) is 23.1. The van der Waals surface area contributed by atoms with Crippen LogP contribution in [0.2, 0.25) is 0 Å². The molecule has 0 aliphatic rings. The fourth-order valence-electron chi connectivity index (χ4n) is 2.15. The van der Waals surface area contributed by atoms with Crippen molar-refractivity contribution in [3.8, 4) is 0 Å². The van der Waals surface area contributed by atoms with E-state index in [0.717, 1.165) is 11.3 Å². The van der Waals surface area contributed by atoms with Gasteiger partial charge in [-0.05, 0) is 35.7 Å². The number of rotatable bonds is 8. The van der Waals surface area contributed by atoms with E-state index in [2.05, 4.69) is 5.32 Å². The number of amides is 2. The molecule has 1 aromatic carbocycles. The highest BCUT2D eigenvalue weighted by Gasteiger charge is 2.24. The van der Waals surface area contributed by atoms with E-state index in [-0.39, 0.29) is 29.6 Å². The monoisotopic (exact) mass is 381 g/mol. The second-order valence-electron chi connectivity index (χ2n) is 5.17. The third-order valence-electron chi connectivity index (χ3n) is 3.48. The van der Waals surface area contributed by atoms with Gasteiger partial charge < -0.3 is 11.1 Å². The first kappa shape index (κ1) is 19.1. The summed E-state index contributed by atoms with van der Waals surface area (Å²) in [5.41, 5.74) is 6.01. The lowest BCUT2D eigenvalue weighted by Crippen LogP contribution is -2.33. The Morgan fingerprint density at radius 3 is 2.40 bits per heavy atom. The van der Waals surface area contributed by atoms with Gasteiger partial charge in [-0.3, -0.25) is 9.59 Å². The number of thiophene rings is 1. The largest absolute Gasteiger partial charge is 0.366 e. The van der Waals surface area contributed by atoms with E-state index >= 15 is 0 Å². The Hall–Kier alpha value is -2.23. The number of hydrogen-bond acceptors (Lipinski definition) is 5. The smallest absolute Gasteiger partial charge is 0.252 e. The Bertz CT molecular complexity index is 831. The van der Waals surface area contributed by atoms with Gasteiger partial charge in [-0.25, -0.2) is 8.42 Å². The van der Waals surface area contributed by atoms with E-state index in [1.807, 2.05) is 0 Å². The summed E-state index contributed by atoms with van der Waals surface area (Å²) in [5, 5.41) is 4.36. The lowest BCUT2D eigenvalue weighted by Gasteiger charge is -2.19. The number of hydrogen-bond donors (Lipinski definition) is 2. The van der Waals surface area contributed by atoms with Gasteiger partial charge in [0.25, 0.3) is 10.0 Å². The number of nitrogens with zero attached hydrogens (tertiary/aromatic N) is 1. The van der Waals surface area contributed by atoms with Gasteiger partial charge in [0.2, 0.25) is 11.8 Å². The van der Waals surface area contributed by atoms with Gasteiger partial charge in [0.1, 0.15) is 4.21 Å². The van der Waals surface area contributed by atoms with Gasteiger partial charge in [-0.1, -0.05) is 13.0 Å². The van der Waals surface area contributed by atoms with Crippen molar-refractivity contribution in [3.05, 3.63) is 47.3 Å². The third-order valence-corrected chi connectivity index (χ3v) is 6.83. The highest BCUT2D eigenvalue weighted by Crippen LogP contribution is 2.21. The molecule has 2 aromatic rings. The van der Waals surface area contributed by atoms with Crippen LogP contribution in [0.3, 0.4) is 0 Å². The summed E-state index contributed by atoms with van der Waals surface area (Å²) in [6.45, 7) is 2.09. The van der Waals surface area contributed by atoms with Crippen LogP contribution < -0.4 is 11.1 Å². The third kappa shape index (κ3) is 4.88. The second-order valence-corrected chi connectivity index (χ2v) is 8.28. The summed E-state index contributed by atoms with van der Waals surface area (Å²) >= 11 is 1.15. The molecule has 0 aliphatic carbocycles. The molecular formula is C16H19N3O4S2. The maximum atomic E-state index is 12.5. The van der Waals surface area contributed by atoms with Crippen molar-refractivity contribution >= 4 is 38.9 Å². The molecule has 1 aromatic heterocycles. The van der Waals surface area contributed by atoms with Gasteiger partial charge in [-0.15, -0.1) is 11.3 Å². The number of sulfonamides is 1. The predicted molar refractivity (Wildman–Crippen MR) is 97.0 cm³/mol. The molecule has 0 atom stereocenters. The zero-order valence-corrected chi connectivity index (χ0v) is 15.3. The zero-order chi connectivity index (χ0) is 18.4. The van der Waals surface area contributed by atoms with Crippen LogP contribution in [-0.4, -0.2) is 37.6 Å². The maximum absolute atomic E-state index is 12.5. The van der Waals surface area contributed by atoms with E-state index < -0.39 is 15.9 Å². The van der Waals surface area contributed by atoms with Crippen LogP contribution in [0.1, 0.15) is 23.7 Å². The number of primary amides is 1. The number of nitrogens with two attached hydrogens (primary N) is 1. The Morgan fingerprint density at radius 1 is 1.20 bits per heavy atom. The SMILES string of the molecule is CCN(CCC(=O)Nc1ccc(C(N)=O)cc1)S(=O)(=O)c1cccs1. The number of anilines is 1. The van der Waals surface area contributed by atoms with Gasteiger partial charge >= 0.3 is 0 Å². The van der Waals surface area contributed by atoms with E-state index in [1.54, 1.807) is 36.6 Å². The van der Waals surface area contributed by atoms with Gasteiger partial charge in [0.15, 0.2) is 0 Å². The minimum Gasteiger partial charge on any atom is -0.366 e. The number of benzene rings is 1. The second kappa shape index (κ2) is 8.24. The minimum absolute atomic E-state index is 0.0238. The Kier molecular flexibility index (Phi) is 6.29. The lowest BCUT2D eigenvalue weighted by atomic mass is 10.2. The van der Waals surface area contributed by atoms with Crippen molar-refractivity contribution in [1.29, 1.82) is 0 Å². The molecule has 2 amide bonds. The fraction of sp³-hybridized carbons (Fsp3) is 0.250. The van der Waals surface area contributed by atoms with E-state index in [0.29, 0.717) is 11.3 Å². The van der Waals surface area contributed by atoms with Crippen molar-refractivity contribution in [3.63, 3.8) is 0 Å². The molecule has 1 heterocycles. The topological polar surface area (TPSA) is 110 Å². The van der Waals surface area contributed by atoms with Crippen molar-refractivity contribution in [2.24, 2.45) is 5.73 Å². The maximum Gasteiger partial charge on any atom is 0.252 e. The first-order chi connectivity index (χ1) is 11.8. The fourth-order valence-corrected chi connectivity index (χ4v) is 4.75. The van der Waals surface area contributed by atoms with Gasteiger partial charge in [0, 0.05) is 30.8 Å². The van der Waals surface area contributed by atoms with Gasteiger partial charge in [0.05, 0.1) is 0 Å². The van der Waals surface area contributed by atoms with Gasteiger partial charge in [-0.2, -0.15) is 4.31 Å². The average molecular weight is 381 g/mol. The molecule has 0 fully saturated rings. The standard InChI is InChI=1S/C16H19N3O4S2/c1-2-19(25(22,23)15-4-3-11-24-15)10-9-14(20)18-13-7-5-12(6-8-13)16(17)21/h3-8,11H,2,9-10H2,1H3,(H2,17,21)(H,18,20). The Balaban J connectivity index is 1.95. The lowest BCUT2D eigenvalue weighted by molar-refractivity contribution is -0.116. The molecule has 25 heavy (non-hydrogen) atoms. The molecule has 0 radical (unpaired) electrons. The molecule has 0 bridgehead atoms. The first-order valence-electron chi connectivity index (χ1n) is 7.58. The van der Waals surface area contributed by atoms with Crippen molar-refractivity contribution < 1.29 is 18.0 Å². The summed E-state index contributed by atoms with van der Waals surface area (Å²) in [7, 11) is -3.57. The minimum atomic E-state index is -3.57. The van der Waals surface area contributed by atoms with Crippen LogP contribution in [-0.2, 0) is 14.8 Å². The van der Waals surface area contributed by atoms with E-state index in [1.165, 1.54) is 16.4 Å². The molecule has 0 unspecified atom stereocenters. The normalized spacial score (nSPS) is 11.4. The Morgan fingerprint density at radius 2 is 1.88 bits per heavy atom. The first-order valence-corrected chi connectivity index (χ1v) is 9.90. The van der Waals surface area contributed by atoms with Crippen molar-refractivity contribution in [2.45, 2.75) is 17.6 Å². The molecule has 0 spiro atoms. The van der Waals surface area contributed by atoms with E-state index in [4.69, 9.17) is 5.73 Å². The molecule has 9 heteroatoms. The summed E-state index contributed by atoms with van der Waals surface area (Å²) in [6.07, 6.45) is 0.0238. The van der Waals surface area contributed by atoms with Crippen LogP contribution in [0, 0.1) is 0 Å². The van der Waals surface area contributed by atoms with Crippen LogP contribution in [0.25, 0.3) is 0 Å². The average Bonchev–Trinajstić information content (AvgIpc) is 3.11. The molecule has 2 rings (SSSR count). The summed E-state index contributed by atoms with van der Waals surface area (Å²) in [6, 6.07) is 9.38. The molecule has 7 nitrogen and oxygen atoms in total. The zero-order valence-electron chi connectivity index (χ0n) is 13.6. The highest BCUT2D eigenvalue weighted by atomic mass is 32.2. The molecule has 3 N–H and O–H groups in total. The quantitative estimate of drug-likeness (QED) is 0.727. The van der Waals surface area contributed by atoms with Crippen LogP contribution >= 0.6 is 11.3 Å². The van der Waals surface area contributed by atoms with Crippen LogP contribution in [0.15, 0.2) is 46.0 Å². The van der Waals surface area contributed by atoms with Crippen LogP contribution in [0.4, 0.5) is 5.69 Å². The molecule has 0 saturated heterocycles. The molecular weight excluding hydrogens is 362 g/mol. The number of carbonyl (C=O) groups is 2.